The van der Waals surface area contributed by atoms with E-state index in [1.54, 1.807) is 0 Å². The highest BCUT2D eigenvalue weighted by molar-refractivity contribution is 6.30. The van der Waals surface area contributed by atoms with E-state index in [0.29, 0.717) is 11.4 Å². The first-order valence-corrected chi connectivity index (χ1v) is 10.0. The van der Waals surface area contributed by atoms with Gasteiger partial charge in [-0.2, -0.15) is 0 Å². The second kappa shape index (κ2) is 6.22. The Hall–Kier alpha value is -2.58. The molecule has 3 aromatic carbocycles. The number of halogens is 1. The van der Waals surface area contributed by atoms with Gasteiger partial charge in [-0.1, -0.05) is 67.9 Å². The first-order chi connectivity index (χ1) is 13.4. The maximum Gasteiger partial charge on any atom is 0.163 e. The zero-order valence-corrected chi connectivity index (χ0v) is 16.7. The summed E-state index contributed by atoms with van der Waals surface area (Å²) in [5.74, 6) is 1.72. The average molecular weight is 389 g/mol. The van der Waals surface area contributed by atoms with Crippen molar-refractivity contribution in [2.24, 2.45) is 5.41 Å². The van der Waals surface area contributed by atoms with E-state index in [1.165, 1.54) is 0 Å². The Bertz CT molecular complexity index is 1140. The molecular formula is C25H21ClO2. The maximum absolute atomic E-state index is 13.3. The molecule has 2 aliphatic rings. The van der Waals surface area contributed by atoms with E-state index in [0.717, 1.165) is 45.4 Å². The van der Waals surface area contributed by atoms with Crippen LogP contribution >= 0.6 is 11.6 Å². The fraction of sp³-hybridized carbons (Fsp3) is 0.240. The Balaban J connectivity index is 1.81. The summed E-state index contributed by atoms with van der Waals surface area (Å²) in [5.41, 5.74) is 2.87. The Morgan fingerprint density at radius 3 is 2.50 bits per heavy atom. The van der Waals surface area contributed by atoms with E-state index in [2.05, 4.69) is 32.0 Å². The van der Waals surface area contributed by atoms with Crippen LogP contribution in [0.25, 0.3) is 10.8 Å². The number of rotatable bonds is 1. The number of allylic oxidation sites excluding steroid dienone is 2. The van der Waals surface area contributed by atoms with Crippen LogP contribution in [0.4, 0.5) is 0 Å². The van der Waals surface area contributed by atoms with Crippen molar-refractivity contribution in [1.29, 1.82) is 0 Å². The predicted molar refractivity (Wildman–Crippen MR) is 113 cm³/mol. The molecule has 1 heterocycles. The van der Waals surface area contributed by atoms with Gasteiger partial charge in [-0.3, -0.25) is 4.79 Å². The average Bonchev–Trinajstić information content (AvgIpc) is 2.66. The van der Waals surface area contributed by atoms with Gasteiger partial charge in [0.1, 0.15) is 11.5 Å². The van der Waals surface area contributed by atoms with Gasteiger partial charge in [-0.05, 0) is 39.9 Å². The summed E-state index contributed by atoms with van der Waals surface area (Å²) in [4.78, 5) is 13.3. The van der Waals surface area contributed by atoms with Crippen molar-refractivity contribution in [2.75, 3.05) is 0 Å². The third-order valence-corrected chi connectivity index (χ3v) is 6.08. The van der Waals surface area contributed by atoms with Crippen LogP contribution in [0.2, 0.25) is 5.02 Å². The number of Topliss-reactive ketones (excluding diaryl/α,β-unsaturated/α-hetero) is 1. The van der Waals surface area contributed by atoms with E-state index in [4.69, 9.17) is 16.3 Å². The normalized spacial score (nSPS) is 20.5. The van der Waals surface area contributed by atoms with Gasteiger partial charge in [0.15, 0.2) is 5.78 Å². The molecule has 0 fully saturated rings. The van der Waals surface area contributed by atoms with E-state index in [-0.39, 0.29) is 17.1 Å². The minimum absolute atomic E-state index is 0.0885. The van der Waals surface area contributed by atoms with Gasteiger partial charge in [-0.15, -0.1) is 0 Å². The van der Waals surface area contributed by atoms with Crippen LogP contribution in [-0.2, 0) is 4.79 Å². The van der Waals surface area contributed by atoms with Crippen molar-refractivity contribution >= 4 is 28.2 Å². The van der Waals surface area contributed by atoms with Crippen LogP contribution < -0.4 is 4.74 Å². The second-order valence-electron chi connectivity index (χ2n) is 8.56. The highest BCUT2D eigenvalue weighted by Gasteiger charge is 2.42. The van der Waals surface area contributed by atoms with E-state index < -0.39 is 0 Å². The number of benzene rings is 3. The van der Waals surface area contributed by atoms with E-state index in [9.17, 15) is 4.79 Å². The highest BCUT2D eigenvalue weighted by atomic mass is 35.5. The molecule has 0 radical (unpaired) electrons. The predicted octanol–water partition coefficient (Wildman–Crippen LogP) is 6.66. The molecule has 1 aliphatic carbocycles. The van der Waals surface area contributed by atoms with Gasteiger partial charge < -0.3 is 4.74 Å². The molecule has 0 amide bonds. The third-order valence-electron chi connectivity index (χ3n) is 5.82. The molecule has 2 nitrogen and oxygen atoms in total. The van der Waals surface area contributed by atoms with Gasteiger partial charge in [0, 0.05) is 34.9 Å². The molecule has 1 atom stereocenters. The lowest BCUT2D eigenvalue weighted by Gasteiger charge is -2.38. The van der Waals surface area contributed by atoms with Crippen molar-refractivity contribution in [2.45, 2.75) is 32.6 Å². The van der Waals surface area contributed by atoms with Crippen LogP contribution in [-0.4, -0.2) is 5.78 Å². The number of carbonyl (C=O) groups excluding carboxylic acids is 1. The van der Waals surface area contributed by atoms with Crippen molar-refractivity contribution in [3.63, 3.8) is 0 Å². The van der Waals surface area contributed by atoms with Gasteiger partial charge >= 0.3 is 0 Å². The first-order valence-electron chi connectivity index (χ1n) is 9.64. The lowest BCUT2D eigenvalue weighted by atomic mass is 9.69. The summed E-state index contributed by atoms with van der Waals surface area (Å²) < 4.78 is 6.36. The van der Waals surface area contributed by atoms with Gasteiger partial charge in [0.25, 0.3) is 0 Å². The zero-order chi connectivity index (χ0) is 19.5. The molecule has 0 aromatic heterocycles. The third kappa shape index (κ3) is 2.75. The first kappa shape index (κ1) is 17.5. The monoisotopic (exact) mass is 388 g/mol. The molecule has 28 heavy (non-hydrogen) atoms. The standard InChI is InChI=1S/C25H21ClO2/c1-25(2)13-19(27)24-21(14-25)28-20-12-9-15-5-3-4-6-18(15)23(20)22(24)16-7-10-17(26)11-8-16/h3-12,22H,13-14H2,1-2H3. The summed E-state index contributed by atoms with van der Waals surface area (Å²) in [6.07, 6.45) is 1.31. The number of ether oxygens (including phenoxy) is 1. The molecule has 0 saturated heterocycles. The maximum atomic E-state index is 13.3. The smallest absolute Gasteiger partial charge is 0.163 e. The number of ketones is 1. The van der Waals surface area contributed by atoms with E-state index >= 15 is 0 Å². The SMILES string of the molecule is CC1(C)CC(=O)C2=C(C1)Oc1ccc3ccccc3c1C2c1ccc(Cl)cc1. The van der Waals surface area contributed by atoms with E-state index in [1.807, 2.05) is 42.5 Å². The summed E-state index contributed by atoms with van der Waals surface area (Å²) in [5, 5.41) is 2.97. The quantitative estimate of drug-likeness (QED) is 0.465. The Labute approximate surface area is 169 Å². The zero-order valence-electron chi connectivity index (χ0n) is 16.0. The molecule has 1 unspecified atom stereocenters. The fourth-order valence-corrected chi connectivity index (χ4v) is 4.74. The minimum Gasteiger partial charge on any atom is -0.461 e. The molecule has 0 saturated carbocycles. The molecular weight excluding hydrogens is 368 g/mol. The Morgan fingerprint density at radius 1 is 0.964 bits per heavy atom. The highest BCUT2D eigenvalue weighted by Crippen LogP contribution is 2.51. The second-order valence-corrected chi connectivity index (χ2v) is 9.00. The molecule has 0 bridgehead atoms. The number of hydrogen-bond donors (Lipinski definition) is 0. The Kier molecular flexibility index (Phi) is 3.89. The minimum atomic E-state index is -0.134. The van der Waals surface area contributed by atoms with Gasteiger partial charge in [0.05, 0.1) is 0 Å². The Morgan fingerprint density at radius 2 is 1.71 bits per heavy atom. The lowest BCUT2D eigenvalue weighted by molar-refractivity contribution is -0.118. The lowest BCUT2D eigenvalue weighted by Crippen LogP contribution is -2.33. The molecule has 1 aliphatic heterocycles. The molecule has 5 rings (SSSR count). The molecule has 3 heteroatoms. The van der Waals surface area contributed by atoms with Crippen molar-refractivity contribution < 1.29 is 9.53 Å². The number of fused-ring (bicyclic) bond motifs is 3. The van der Waals surface area contributed by atoms with Crippen molar-refractivity contribution in [3.8, 4) is 5.75 Å². The number of hydrogen-bond acceptors (Lipinski definition) is 2. The topological polar surface area (TPSA) is 26.3 Å². The summed E-state index contributed by atoms with van der Waals surface area (Å²) >= 11 is 6.15. The number of carbonyl (C=O) groups is 1. The van der Waals surface area contributed by atoms with Crippen LogP contribution in [0.3, 0.4) is 0 Å². The van der Waals surface area contributed by atoms with Crippen molar-refractivity contribution in [3.05, 3.63) is 88.1 Å². The molecule has 3 aromatic rings. The van der Waals surface area contributed by atoms with Crippen LogP contribution in [0, 0.1) is 5.41 Å². The molecule has 140 valence electrons. The molecule has 0 N–H and O–H groups in total. The summed E-state index contributed by atoms with van der Waals surface area (Å²) in [6.45, 7) is 4.26. The molecule has 0 spiro atoms. The van der Waals surface area contributed by atoms with Crippen LogP contribution in [0.15, 0.2) is 72.0 Å². The summed E-state index contributed by atoms with van der Waals surface area (Å²) in [6, 6.07) is 20.3. The fourth-order valence-electron chi connectivity index (χ4n) is 4.62. The van der Waals surface area contributed by atoms with Gasteiger partial charge in [0.2, 0.25) is 0 Å². The largest absolute Gasteiger partial charge is 0.461 e. The van der Waals surface area contributed by atoms with Crippen molar-refractivity contribution in [1.82, 2.24) is 0 Å². The van der Waals surface area contributed by atoms with Crippen LogP contribution in [0.1, 0.15) is 43.7 Å². The van der Waals surface area contributed by atoms with Crippen LogP contribution in [0.5, 0.6) is 5.75 Å². The summed E-state index contributed by atoms with van der Waals surface area (Å²) in [7, 11) is 0. The van der Waals surface area contributed by atoms with Gasteiger partial charge in [-0.25, -0.2) is 0 Å².